The third-order valence-corrected chi connectivity index (χ3v) is 8.85. The maximum absolute atomic E-state index is 14.0. The van der Waals surface area contributed by atoms with Crippen LogP contribution >= 0.6 is 0 Å². The van der Waals surface area contributed by atoms with Gasteiger partial charge in [-0.3, -0.25) is 33.8 Å². The Hall–Kier alpha value is -5.66. The highest BCUT2D eigenvalue weighted by Gasteiger charge is 2.39. The van der Waals surface area contributed by atoms with Gasteiger partial charge >= 0.3 is 6.03 Å². The smallest absolute Gasteiger partial charge is 0.312 e. The van der Waals surface area contributed by atoms with E-state index in [4.69, 9.17) is 28.7 Å². The molecule has 0 saturated carbocycles. The van der Waals surface area contributed by atoms with Crippen LogP contribution in [0.15, 0.2) is 29.3 Å². The third-order valence-electron chi connectivity index (χ3n) is 8.85. The van der Waals surface area contributed by atoms with Crippen LogP contribution in [0.4, 0.5) is 4.79 Å². The Morgan fingerprint density at radius 1 is 0.836 bits per heavy atom. The van der Waals surface area contributed by atoms with Crippen molar-refractivity contribution < 1.29 is 38.7 Å². The Balaban J connectivity index is 2.30. The quantitative estimate of drug-likeness (QED) is 0.0326. The maximum atomic E-state index is 14.0. The highest BCUT2D eigenvalue weighted by molar-refractivity contribution is 5.96. The first-order valence-electron chi connectivity index (χ1n) is 18.3. The molecule has 8 amide bonds. The monoisotopic (exact) mass is 774 g/mol. The van der Waals surface area contributed by atoms with Crippen molar-refractivity contribution in [2.45, 2.75) is 108 Å². The van der Waals surface area contributed by atoms with Gasteiger partial charge in [0.2, 0.25) is 35.4 Å². The summed E-state index contributed by atoms with van der Waals surface area (Å²) >= 11 is 0. The van der Waals surface area contributed by atoms with Crippen molar-refractivity contribution in [3.05, 3.63) is 29.8 Å². The van der Waals surface area contributed by atoms with E-state index >= 15 is 0 Å². The number of nitrogens with one attached hydrogen (secondary N) is 5. The molecule has 0 radical (unpaired) electrons. The van der Waals surface area contributed by atoms with Crippen molar-refractivity contribution in [3.8, 4) is 5.75 Å². The normalized spacial score (nSPS) is 16.5. The molecule has 0 bridgehead atoms. The van der Waals surface area contributed by atoms with Gasteiger partial charge in [-0.05, 0) is 81.9 Å². The molecule has 2 rings (SSSR count). The van der Waals surface area contributed by atoms with E-state index in [1.165, 1.54) is 24.0 Å². The van der Waals surface area contributed by atoms with Crippen molar-refractivity contribution in [2.24, 2.45) is 39.6 Å². The second-order valence-electron chi connectivity index (χ2n) is 14.0. The van der Waals surface area contributed by atoms with E-state index in [0.29, 0.717) is 18.4 Å². The molecule has 16 N–H and O–H groups in total. The Kier molecular flexibility index (Phi) is 18.6. The van der Waals surface area contributed by atoms with E-state index in [0.717, 1.165) is 0 Å². The number of amides is 8. The SMILES string of the molecule is CC(C)C[C@H](NC(=O)[C@@H](CCCNC(N)=O)NC(=O)[C@@H](N)Cc1ccc(O)cc1)C(=O)N[C@@H](CCCN=C(N)N)C(=O)N1CCC[C@H]1C(=O)N[C@H](C)C(N)=O. The molecule has 1 aliphatic rings. The van der Waals surface area contributed by atoms with E-state index < -0.39 is 77.7 Å². The number of carbonyl (C=O) groups is 7. The zero-order valence-corrected chi connectivity index (χ0v) is 31.7. The molecule has 0 spiro atoms. The standard InChI is InChI=1S/C35H58N12O8/c1-19(2)17-26(46-30(51)24(7-4-15-42-35(40)55)44-29(50)23(36)18-21-10-12-22(48)13-11-21)31(52)45-25(8-5-14-41-34(38)39)33(54)47-16-6-9-27(47)32(53)43-20(3)28(37)49/h10-13,19-20,23-27,48H,4-9,14-18,36H2,1-3H3,(H2,37,49)(H,43,53)(H,44,50)(H,45,52)(H,46,51)(H4,38,39,41)(H3,40,42,55)/t20-,23+,24-,25+,26+,27+/m1/s1. The zero-order chi connectivity index (χ0) is 41.2. The number of aromatic hydroxyl groups is 1. The van der Waals surface area contributed by atoms with Crippen molar-refractivity contribution >= 4 is 47.4 Å². The number of carbonyl (C=O) groups excluding carboxylic acids is 7. The van der Waals surface area contributed by atoms with Crippen LogP contribution in [0.25, 0.3) is 0 Å². The summed E-state index contributed by atoms with van der Waals surface area (Å²) in [6, 6.07) is -1.08. The fourth-order valence-electron chi connectivity index (χ4n) is 5.94. The van der Waals surface area contributed by atoms with E-state index in [2.05, 4.69) is 31.6 Å². The molecule has 20 heteroatoms. The molecule has 1 aromatic rings. The Morgan fingerprint density at radius 2 is 1.44 bits per heavy atom. The van der Waals surface area contributed by atoms with Crippen LogP contribution in [0.2, 0.25) is 0 Å². The first-order chi connectivity index (χ1) is 25.9. The van der Waals surface area contributed by atoms with Crippen LogP contribution < -0.4 is 55.3 Å². The van der Waals surface area contributed by atoms with Gasteiger partial charge in [-0.2, -0.15) is 0 Å². The van der Waals surface area contributed by atoms with Crippen molar-refractivity contribution in [2.75, 3.05) is 19.6 Å². The molecule has 306 valence electrons. The van der Waals surface area contributed by atoms with E-state index in [-0.39, 0.29) is 75.8 Å². The summed E-state index contributed by atoms with van der Waals surface area (Å²) < 4.78 is 0. The number of primary amides is 2. The second kappa shape index (κ2) is 22.5. The van der Waals surface area contributed by atoms with Gasteiger partial charge in [-0.1, -0.05) is 26.0 Å². The van der Waals surface area contributed by atoms with Gasteiger partial charge < -0.3 is 65.3 Å². The van der Waals surface area contributed by atoms with Crippen molar-refractivity contribution in [1.29, 1.82) is 0 Å². The minimum atomic E-state index is -1.18. The lowest BCUT2D eigenvalue weighted by atomic mass is 10.0. The van der Waals surface area contributed by atoms with E-state index in [9.17, 15) is 38.7 Å². The van der Waals surface area contributed by atoms with Gasteiger partial charge in [0.15, 0.2) is 5.96 Å². The van der Waals surface area contributed by atoms with Gasteiger partial charge in [0.05, 0.1) is 6.04 Å². The largest absolute Gasteiger partial charge is 0.508 e. The fraction of sp³-hybridized carbons (Fsp3) is 0.600. The maximum Gasteiger partial charge on any atom is 0.312 e. The molecule has 1 heterocycles. The Labute approximate surface area is 320 Å². The highest BCUT2D eigenvalue weighted by Crippen LogP contribution is 2.20. The average molecular weight is 775 g/mol. The van der Waals surface area contributed by atoms with Gasteiger partial charge in [0.1, 0.15) is 36.0 Å². The number of guanidine groups is 1. The van der Waals surface area contributed by atoms with Crippen molar-refractivity contribution in [1.82, 2.24) is 31.5 Å². The van der Waals surface area contributed by atoms with E-state index in [1.54, 1.807) is 12.1 Å². The second-order valence-corrected chi connectivity index (χ2v) is 14.0. The van der Waals surface area contributed by atoms with Crippen LogP contribution in [-0.2, 0) is 35.2 Å². The average Bonchev–Trinajstić information content (AvgIpc) is 3.61. The lowest BCUT2D eigenvalue weighted by Gasteiger charge is -2.31. The molecule has 0 unspecified atom stereocenters. The van der Waals surface area contributed by atoms with Crippen LogP contribution in [0.1, 0.15) is 71.3 Å². The summed E-state index contributed by atoms with van der Waals surface area (Å²) in [7, 11) is 0. The minimum Gasteiger partial charge on any atom is -0.508 e. The molecular formula is C35H58N12O8. The predicted octanol–water partition coefficient (Wildman–Crippen LogP) is -2.75. The van der Waals surface area contributed by atoms with Crippen LogP contribution in [-0.4, -0.2) is 113 Å². The number of nitrogens with zero attached hydrogens (tertiary/aromatic N) is 2. The van der Waals surface area contributed by atoms with Crippen molar-refractivity contribution in [3.63, 3.8) is 0 Å². The number of phenols is 1. The number of aliphatic imine (C=N–C) groups is 1. The summed E-state index contributed by atoms with van der Waals surface area (Å²) in [5.41, 5.74) is 28.2. The van der Waals surface area contributed by atoms with Gasteiger partial charge in [0, 0.05) is 19.6 Å². The summed E-state index contributed by atoms with van der Waals surface area (Å²) in [6.07, 6.45) is 1.69. The Morgan fingerprint density at radius 3 is 2.04 bits per heavy atom. The number of phenolic OH excluding ortho intramolecular Hbond substituents is 1. The highest BCUT2D eigenvalue weighted by atomic mass is 16.3. The molecule has 1 aliphatic heterocycles. The first-order valence-corrected chi connectivity index (χ1v) is 18.3. The molecule has 0 aliphatic carbocycles. The van der Waals surface area contributed by atoms with Crippen LogP contribution in [0.3, 0.4) is 0 Å². The van der Waals surface area contributed by atoms with E-state index in [1.807, 2.05) is 13.8 Å². The number of nitrogens with two attached hydrogens (primary N) is 5. The molecular weight excluding hydrogens is 716 g/mol. The zero-order valence-electron chi connectivity index (χ0n) is 31.7. The summed E-state index contributed by atoms with van der Waals surface area (Å²) in [4.78, 5) is 96.1. The minimum absolute atomic E-state index is 0.0402. The molecule has 1 saturated heterocycles. The lowest BCUT2D eigenvalue weighted by Crippen LogP contribution is -2.59. The molecule has 1 fully saturated rings. The molecule has 6 atom stereocenters. The van der Waals surface area contributed by atoms with Gasteiger partial charge in [-0.15, -0.1) is 0 Å². The van der Waals surface area contributed by atoms with Crippen LogP contribution in [0, 0.1) is 5.92 Å². The molecule has 55 heavy (non-hydrogen) atoms. The number of hydrogen-bond acceptors (Lipinski definition) is 10. The fourth-order valence-corrected chi connectivity index (χ4v) is 5.94. The van der Waals surface area contributed by atoms with Gasteiger partial charge in [-0.25, -0.2) is 4.79 Å². The molecule has 0 aromatic heterocycles. The first kappa shape index (κ1) is 45.5. The lowest BCUT2D eigenvalue weighted by molar-refractivity contribution is -0.142. The van der Waals surface area contributed by atoms with Gasteiger partial charge in [0.25, 0.3) is 0 Å². The Bertz CT molecular complexity index is 1520. The summed E-state index contributed by atoms with van der Waals surface area (Å²) in [6.45, 7) is 5.57. The van der Waals surface area contributed by atoms with Crippen LogP contribution in [0.5, 0.6) is 5.75 Å². The predicted molar refractivity (Wildman–Crippen MR) is 203 cm³/mol. The number of hydrogen-bond donors (Lipinski definition) is 11. The number of likely N-dealkylation sites (tertiary alicyclic amines) is 1. The summed E-state index contributed by atoms with van der Waals surface area (Å²) in [5.74, 6) is -4.12. The summed E-state index contributed by atoms with van der Waals surface area (Å²) in [5, 5.41) is 22.6. The number of urea groups is 1. The molecule has 20 nitrogen and oxygen atoms in total. The number of benzene rings is 1. The molecule has 1 aromatic carbocycles. The number of rotatable bonds is 22. The third kappa shape index (κ3) is 16.1. The topological polar surface area (TPSA) is 346 Å².